The van der Waals surface area contributed by atoms with Gasteiger partial charge in [-0.05, 0) is 26.2 Å². The summed E-state index contributed by atoms with van der Waals surface area (Å²) in [7, 11) is 0. The molecular weight excluding hydrogens is 156 g/mol. The Morgan fingerprint density at radius 3 is 2.42 bits per heavy atom. The minimum absolute atomic E-state index is 0.282. The maximum Gasteiger partial charge on any atom is 0.337 e. The van der Waals surface area contributed by atoms with E-state index in [0.717, 1.165) is 0 Å². The summed E-state index contributed by atoms with van der Waals surface area (Å²) in [5.74, 6) is -0.247. The predicted molar refractivity (Wildman–Crippen MR) is 46.7 cm³/mol. The summed E-state index contributed by atoms with van der Waals surface area (Å²) in [6.45, 7) is 7.43. The standard InChI is InChI=1S/C9H18O3/c1-5-12-8(10)9(4,11)6-7(2)3/h7,11H,5-6H2,1-4H3. The number of aliphatic hydroxyl groups is 1. The summed E-state index contributed by atoms with van der Waals surface area (Å²) in [4.78, 5) is 11.1. The van der Waals surface area contributed by atoms with E-state index < -0.39 is 11.6 Å². The Bertz CT molecular complexity index is 150. The number of hydrogen-bond acceptors (Lipinski definition) is 3. The van der Waals surface area contributed by atoms with Crippen LogP contribution in [0.15, 0.2) is 0 Å². The van der Waals surface area contributed by atoms with E-state index >= 15 is 0 Å². The van der Waals surface area contributed by atoms with Gasteiger partial charge in [0.15, 0.2) is 5.60 Å². The van der Waals surface area contributed by atoms with Crippen molar-refractivity contribution in [3.8, 4) is 0 Å². The number of carbonyl (C=O) groups excluding carboxylic acids is 1. The monoisotopic (exact) mass is 174 g/mol. The Labute approximate surface area is 73.7 Å². The van der Waals surface area contributed by atoms with Gasteiger partial charge in [0.05, 0.1) is 6.61 Å². The fourth-order valence-electron chi connectivity index (χ4n) is 1.16. The highest BCUT2D eigenvalue weighted by Gasteiger charge is 2.32. The Morgan fingerprint density at radius 2 is 2.08 bits per heavy atom. The first-order valence-corrected chi connectivity index (χ1v) is 4.29. The Morgan fingerprint density at radius 1 is 1.58 bits per heavy atom. The lowest BCUT2D eigenvalue weighted by atomic mass is 9.94. The summed E-state index contributed by atoms with van der Waals surface area (Å²) in [5, 5.41) is 9.61. The fraction of sp³-hybridized carbons (Fsp3) is 0.889. The number of ether oxygens (including phenoxy) is 1. The molecule has 3 heteroatoms. The number of carbonyl (C=O) groups is 1. The van der Waals surface area contributed by atoms with Gasteiger partial charge in [-0.2, -0.15) is 0 Å². The smallest absolute Gasteiger partial charge is 0.337 e. The summed E-state index contributed by atoms with van der Waals surface area (Å²) in [6, 6.07) is 0. The van der Waals surface area contributed by atoms with Crippen molar-refractivity contribution in [2.24, 2.45) is 5.92 Å². The highest BCUT2D eigenvalue weighted by molar-refractivity contribution is 5.78. The quantitative estimate of drug-likeness (QED) is 0.654. The predicted octanol–water partition coefficient (Wildman–Crippen LogP) is 1.35. The van der Waals surface area contributed by atoms with Crippen LogP contribution in [0.2, 0.25) is 0 Å². The molecule has 0 amide bonds. The second-order valence-electron chi connectivity index (χ2n) is 3.59. The molecule has 0 aliphatic heterocycles. The molecule has 0 aromatic heterocycles. The van der Waals surface area contributed by atoms with E-state index in [9.17, 15) is 9.90 Å². The molecule has 72 valence electrons. The van der Waals surface area contributed by atoms with Crippen LogP contribution in [0.4, 0.5) is 0 Å². The normalized spacial score (nSPS) is 15.8. The Balaban J connectivity index is 4.09. The fourth-order valence-corrected chi connectivity index (χ4v) is 1.16. The first-order chi connectivity index (χ1) is 5.40. The van der Waals surface area contributed by atoms with Gasteiger partial charge in [0.2, 0.25) is 0 Å². The zero-order chi connectivity index (χ0) is 9.78. The van der Waals surface area contributed by atoms with Crippen molar-refractivity contribution in [3.05, 3.63) is 0 Å². The van der Waals surface area contributed by atoms with Crippen LogP contribution in [0.25, 0.3) is 0 Å². The van der Waals surface area contributed by atoms with Gasteiger partial charge in [-0.15, -0.1) is 0 Å². The van der Waals surface area contributed by atoms with Gasteiger partial charge in [-0.3, -0.25) is 0 Å². The highest BCUT2D eigenvalue weighted by atomic mass is 16.5. The lowest BCUT2D eigenvalue weighted by Gasteiger charge is -2.22. The van der Waals surface area contributed by atoms with Gasteiger partial charge < -0.3 is 9.84 Å². The van der Waals surface area contributed by atoms with E-state index in [1.54, 1.807) is 6.92 Å². The third-order valence-corrected chi connectivity index (χ3v) is 1.52. The maximum absolute atomic E-state index is 11.1. The topological polar surface area (TPSA) is 46.5 Å². The molecule has 3 nitrogen and oxygen atoms in total. The number of esters is 1. The van der Waals surface area contributed by atoms with Gasteiger partial charge in [-0.1, -0.05) is 13.8 Å². The highest BCUT2D eigenvalue weighted by Crippen LogP contribution is 2.17. The van der Waals surface area contributed by atoms with Crippen LogP contribution in [-0.4, -0.2) is 23.3 Å². The van der Waals surface area contributed by atoms with Gasteiger partial charge in [0, 0.05) is 0 Å². The van der Waals surface area contributed by atoms with Crippen LogP contribution in [0.1, 0.15) is 34.1 Å². The second-order valence-corrected chi connectivity index (χ2v) is 3.59. The molecule has 0 saturated carbocycles. The van der Waals surface area contributed by atoms with Gasteiger partial charge in [0.25, 0.3) is 0 Å². The first kappa shape index (κ1) is 11.4. The van der Waals surface area contributed by atoms with Crippen LogP contribution in [0, 0.1) is 5.92 Å². The summed E-state index contributed by atoms with van der Waals surface area (Å²) in [5.41, 5.74) is -1.33. The first-order valence-electron chi connectivity index (χ1n) is 4.29. The van der Waals surface area contributed by atoms with Crippen LogP contribution >= 0.6 is 0 Å². The van der Waals surface area contributed by atoms with Crippen molar-refractivity contribution in [2.45, 2.75) is 39.7 Å². The van der Waals surface area contributed by atoms with Crippen LogP contribution in [0.3, 0.4) is 0 Å². The minimum Gasteiger partial charge on any atom is -0.464 e. The minimum atomic E-state index is -1.33. The van der Waals surface area contributed by atoms with E-state index in [-0.39, 0.29) is 5.92 Å². The molecule has 1 atom stereocenters. The molecule has 0 aromatic carbocycles. The van der Waals surface area contributed by atoms with Crippen molar-refractivity contribution in [3.63, 3.8) is 0 Å². The third-order valence-electron chi connectivity index (χ3n) is 1.52. The van der Waals surface area contributed by atoms with Crippen LogP contribution < -0.4 is 0 Å². The van der Waals surface area contributed by atoms with E-state index in [4.69, 9.17) is 4.74 Å². The molecule has 0 aromatic rings. The van der Waals surface area contributed by atoms with Gasteiger partial charge in [-0.25, -0.2) is 4.79 Å². The molecule has 0 fully saturated rings. The SMILES string of the molecule is CCOC(=O)C(C)(O)CC(C)C. The van der Waals surface area contributed by atoms with Crippen molar-refractivity contribution in [2.75, 3.05) is 6.61 Å². The van der Waals surface area contributed by atoms with Crippen molar-refractivity contribution >= 4 is 5.97 Å². The Kier molecular flexibility index (Phi) is 4.24. The zero-order valence-corrected chi connectivity index (χ0v) is 8.26. The molecule has 1 N–H and O–H groups in total. The Hall–Kier alpha value is -0.570. The number of hydrogen-bond donors (Lipinski definition) is 1. The van der Waals surface area contributed by atoms with Crippen LogP contribution in [-0.2, 0) is 9.53 Å². The molecule has 0 spiro atoms. The molecule has 1 unspecified atom stereocenters. The molecule has 0 aliphatic rings. The largest absolute Gasteiger partial charge is 0.464 e. The lowest BCUT2D eigenvalue weighted by Crippen LogP contribution is -2.38. The molecule has 0 radical (unpaired) electrons. The average Bonchev–Trinajstić information content (AvgIpc) is 1.85. The molecule has 0 bridgehead atoms. The second kappa shape index (κ2) is 4.45. The molecule has 0 rings (SSSR count). The molecule has 0 saturated heterocycles. The van der Waals surface area contributed by atoms with E-state index in [1.807, 2.05) is 13.8 Å². The van der Waals surface area contributed by atoms with Crippen molar-refractivity contribution in [1.29, 1.82) is 0 Å². The zero-order valence-electron chi connectivity index (χ0n) is 8.26. The summed E-state index contributed by atoms with van der Waals surface area (Å²) in [6.07, 6.45) is 0.436. The van der Waals surface area contributed by atoms with Crippen LogP contribution in [0.5, 0.6) is 0 Å². The molecule has 0 heterocycles. The van der Waals surface area contributed by atoms with Crippen molar-refractivity contribution < 1.29 is 14.6 Å². The third kappa shape index (κ3) is 3.72. The average molecular weight is 174 g/mol. The summed E-state index contributed by atoms with van der Waals surface area (Å²) >= 11 is 0. The number of rotatable bonds is 4. The molecular formula is C9H18O3. The molecule has 0 aliphatic carbocycles. The summed E-state index contributed by atoms with van der Waals surface area (Å²) < 4.78 is 4.72. The van der Waals surface area contributed by atoms with Gasteiger partial charge in [0.1, 0.15) is 0 Å². The lowest BCUT2D eigenvalue weighted by molar-refractivity contribution is -0.164. The van der Waals surface area contributed by atoms with Gasteiger partial charge >= 0.3 is 5.97 Å². The van der Waals surface area contributed by atoms with E-state index in [2.05, 4.69) is 0 Å². The molecule has 12 heavy (non-hydrogen) atoms. The maximum atomic E-state index is 11.1. The van der Waals surface area contributed by atoms with Crippen molar-refractivity contribution in [1.82, 2.24) is 0 Å². The van der Waals surface area contributed by atoms with E-state index in [0.29, 0.717) is 13.0 Å². The van der Waals surface area contributed by atoms with E-state index in [1.165, 1.54) is 6.92 Å².